The van der Waals surface area contributed by atoms with Crippen LogP contribution < -0.4 is 4.74 Å². The van der Waals surface area contributed by atoms with E-state index >= 15 is 0 Å². The van der Waals surface area contributed by atoms with E-state index < -0.39 is 23.6 Å². The van der Waals surface area contributed by atoms with E-state index in [0.29, 0.717) is 23.6 Å². The molecule has 0 amide bonds. The van der Waals surface area contributed by atoms with Gasteiger partial charge in [0.05, 0.1) is 12.1 Å². The third-order valence-corrected chi connectivity index (χ3v) is 5.37. The van der Waals surface area contributed by atoms with Crippen molar-refractivity contribution in [3.05, 3.63) is 71.3 Å². The van der Waals surface area contributed by atoms with Gasteiger partial charge < -0.3 is 14.6 Å². The Kier molecular flexibility index (Phi) is 5.92. The molecular weight excluding hydrogens is 435 g/mol. The van der Waals surface area contributed by atoms with Crippen molar-refractivity contribution in [2.75, 3.05) is 0 Å². The Morgan fingerprint density at radius 1 is 1.19 bits per heavy atom. The molecule has 1 N–H and O–H groups in total. The van der Waals surface area contributed by atoms with E-state index in [1.165, 1.54) is 29.5 Å². The van der Waals surface area contributed by atoms with Gasteiger partial charge in [-0.15, -0.1) is 0 Å². The zero-order valence-electron chi connectivity index (χ0n) is 16.2. The van der Waals surface area contributed by atoms with E-state index in [1.807, 2.05) is 0 Å². The van der Waals surface area contributed by atoms with E-state index in [4.69, 9.17) is 21.1 Å². The van der Waals surface area contributed by atoms with E-state index in [1.54, 1.807) is 24.3 Å². The Morgan fingerprint density at radius 2 is 1.94 bits per heavy atom. The van der Waals surface area contributed by atoms with Crippen LogP contribution in [0.25, 0.3) is 0 Å². The fraction of sp³-hybridized carbons (Fsp3) is 0.333. The molecule has 2 atom stereocenters. The number of hydrogen-bond donors (Lipinski definition) is 1. The minimum atomic E-state index is -4.67. The van der Waals surface area contributed by atoms with Gasteiger partial charge in [0.15, 0.2) is 6.29 Å². The van der Waals surface area contributed by atoms with Gasteiger partial charge in [-0.2, -0.15) is 18.3 Å². The molecule has 2 unspecified atom stereocenters. The zero-order valence-corrected chi connectivity index (χ0v) is 17.0. The molecule has 1 aliphatic rings. The van der Waals surface area contributed by atoms with Crippen LogP contribution in [0.1, 0.15) is 30.4 Å². The third-order valence-electron chi connectivity index (χ3n) is 5.11. The predicted molar refractivity (Wildman–Crippen MR) is 106 cm³/mol. The number of aliphatic hydroxyl groups is 1. The average Bonchev–Trinajstić information content (AvgIpc) is 3.22. The van der Waals surface area contributed by atoms with Gasteiger partial charge in [-0.25, -0.2) is 9.67 Å². The van der Waals surface area contributed by atoms with Gasteiger partial charge >= 0.3 is 6.18 Å². The molecule has 1 saturated heterocycles. The molecule has 6 nitrogen and oxygen atoms in total. The summed E-state index contributed by atoms with van der Waals surface area (Å²) in [4.78, 5) is 3.85. The second-order valence-corrected chi connectivity index (χ2v) is 7.75. The summed E-state index contributed by atoms with van der Waals surface area (Å²) in [5.74, 6) is 0.373. The Hall–Kier alpha value is -2.62. The highest BCUT2D eigenvalue weighted by atomic mass is 35.5. The average molecular weight is 454 g/mol. The molecule has 3 aromatic rings. The summed E-state index contributed by atoms with van der Waals surface area (Å²) in [6.07, 6.45) is -2.03. The summed E-state index contributed by atoms with van der Waals surface area (Å²) in [6.45, 7) is -0.0233. The van der Waals surface area contributed by atoms with Crippen molar-refractivity contribution in [1.82, 2.24) is 14.8 Å². The molecule has 2 aromatic carbocycles. The number of benzene rings is 2. The fourth-order valence-electron chi connectivity index (χ4n) is 3.77. The Labute approximate surface area is 181 Å². The highest BCUT2D eigenvalue weighted by molar-refractivity contribution is 6.30. The highest BCUT2D eigenvalue weighted by Crippen LogP contribution is 2.46. The topological polar surface area (TPSA) is 69.4 Å². The number of halogens is 4. The molecule has 164 valence electrons. The Morgan fingerprint density at radius 3 is 2.58 bits per heavy atom. The maximum atomic E-state index is 14.1. The fourth-order valence-corrected chi connectivity index (χ4v) is 3.90. The quantitative estimate of drug-likeness (QED) is 0.578. The molecule has 1 aromatic heterocycles. The molecule has 31 heavy (non-hydrogen) atoms. The molecule has 10 heteroatoms. The number of aliphatic hydroxyl groups excluding tert-OH is 1. The summed E-state index contributed by atoms with van der Waals surface area (Å²) in [6, 6.07) is 10.0. The van der Waals surface area contributed by atoms with Gasteiger partial charge in [-0.05, 0) is 61.2 Å². The number of alkyl halides is 3. The number of nitrogens with zero attached hydrogens (tertiary/aromatic N) is 3. The second-order valence-electron chi connectivity index (χ2n) is 7.31. The van der Waals surface area contributed by atoms with Crippen LogP contribution in [-0.4, -0.2) is 26.2 Å². The SMILES string of the molecule is OC1CCCC(Cn2cncn2)(c2ccc(Oc3ccc(Cl)cc3)cc2C(F)(F)F)O1. The summed E-state index contributed by atoms with van der Waals surface area (Å²) < 4.78 is 55.0. The van der Waals surface area contributed by atoms with E-state index in [-0.39, 0.29) is 24.3 Å². The van der Waals surface area contributed by atoms with Gasteiger partial charge in [0.2, 0.25) is 0 Å². The Bertz CT molecular complexity index is 1030. The van der Waals surface area contributed by atoms with Gasteiger partial charge in [-0.3, -0.25) is 0 Å². The van der Waals surface area contributed by atoms with Crippen LogP contribution in [-0.2, 0) is 23.1 Å². The lowest BCUT2D eigenvalue weighted by Gasteiger charge is -2.41. The number of hydrogen-bond acceptors (Lipinski definition) is 5. The third kappa shape index (κ3) is 4.84. The predicted octanol–water partition coefficient (Wildman–Crippen LogP) is 5.16. The minimum Gasteiger partial charge on any atom is -0.457 e. The van der Waals surface area contributed by atoms with E-state index in [0.717, 1.165) is 6.07 Å². The summed E-state index contributed by atoms with van der Waals surface area (Å²) in [5, 5.41) is 14.6. The van der Waals surface area contributed by atoms with Crippen LogP contribution >= 0.6 is 11.6 Å². The monoisotopic (exact) mass is 453 g/mol. The molecule has 0 aliphatic carbocycles. The van der Waals surface area contributed by atoms with E-state index in [9.17, 15) is 18.3 Å². The van der Waals surface area contributed by atoms with Gasteiger partial charge in [0.25, 0.3) is 0 Å². The highest BCUT2D eigenvalue weighted by Gasteiger charge is 2.46. The molecule has 1 aliphatic heterocycles. The smallest absolute Gasteiger partial charge is 0.416 e. The van der Waals surface area contributed by atoms with Crippen LogP contribution in [0.15, 0.2) is 55.1 Å². The number of aromatic nitrogens is 3. The van der Waals surface area contributed by atoms with Crippen LogP contribution in [0.2, 0.25) is 5.02 Å². The van der Waals surface area contributed by atoms with Gasteiger partial charge in [0, 0.05) is 5.02 Å². The molecular formula is C21H19ClF3N3O3. The van der Waals surface area contributed by atoms with Crippen LogP contribution in [0, 0.1) is 0 Å². The first-order valence-corrected chi connectivity index (χ1v) is 9.96. The van der Waals surface area contributed by atoms with E-state index in [2.05, 4.69) is 10.1 Å². The lowest BCUT2D eigenvalue weighted by Crippen LogP contribution is -2.43. The number of rotatable bonds is 5. The lowest BCUT2D eigenvalue weighted by atomic mass is 9.83. The van der Waals surface area contributed by atoms with Gasteiger partial charge in [0.1, 0.15) is 29.8 Å². The van der Waals surface area contributed by atoms with Gasteiger partial charge in [-0.1, -0.05) is 17.7 Å². The summed E-state index contributed by atoms with van der Waals surface area (Å²) >= 11 is 5.84. The Balaban J connectivity index is 1.76. The second kappa shape index (κ2) is 8.49. The van der Waals surface area contributed by atoms with Crippen molar-refractivity contribution in [1.29, 1.82) is 0 Å². The maximum absolute atomic E-state index is 14.1. The first kappa shape index (κ1) is 21.6. The largest absolute Gasteiger partial charge is 0.457 e. The van der Waals surface area contributed by atoms with Crippen molar-refractivity contribution in [2.45, 2.75) is 43.9 Å². The maximum Gasteiger partial charge on any atom is 0.416 e. The first-order valence-electron chi connectivity index (χ1n) is 9.59. The van der Waals surface area contributed by atoms with Crippen LogP contribution in [0.4, 0.5) is 13.2 Å². The number of ether oxygens (including phenoxy) is 2. The summed E-state index contributed by atoms with van der Waals surface area (Å²) in [7, 11) is 0. The summed E-state index contributed by atoms with van der Waals surface area (Å²) in [5.41, 5.74) is -2.40. The first-order chi connectivity index (χ1) is 14.7. The van der Waals surface area contributed by atoms with Crippen molar-refractivity contribution >= 4 is 11.6 Å². The molecule has 0 radical (unpaired) electrons. The van der Waals surface area contributed by atoms with Crippen LogP contribution in [0.5, 0.6) is 11.5 Å². The molecule has 0 saturated carbocycles. The minimum absolute atomic E-state index is 0.0191. The van der Waals surface area contributed by atoms with Crippen molar-refractivity contribution in [2.24, 2.45) is 0 Å². The molecule has 0 bridgehead atoms. The molecule has 2 heterocycles. The standard InChI is InChI=1S/C21H19ClF3N3O3/c22-14-3-5-15(6-4-14)30-16-7-8-17(18(10-16)21(23,24)25)20(9-1-2-19(29)31-20)11-28-13-26-12-27-28/h3-8,10,12-13,19,29H,1-2,9,11H2. The van der Waals surface area contributed by atoms with Crippen LogP contribution in [0.3, 0.4) is 0 Å². The molecule has 4 rings (SSSR count). The normalized spacial score (nSPS) is 21.8. The molecule has 1 fully saturated rings. The van der Waals surface area contributed by atoms with Crippen molar-refractivity contribution in [3.63, 3.8) is 0 Å². The lowest BCUT2D eigenvalue weighted by molar-refractivity contribution is -0.228. The van der Waals surface area contributed by atoms with Crippen molar-refractivity contribution < 1.29 is 27.8 Å². The zero-order chi connectivity index (χ0) is 22.1. The molecule has 0 spiro atoms. The van der Waals surface area contributed by atoms with Crippen molar-refractivity contribution in [3.8, 4) is 11.5 Å².